The molecule has 98 valence electrons. The lowest BCUT2D eigenvalue weighted by Crippen LogP contribution is -2.11. The Balaban J connectivity index is 2.39. The van der Waals surface area contributed by atoms with E-state index in [0.717, 1.165) is 5.56 Å². The van der Waals surface area contributed by atoms with Gasteiger partial charge in [-0.05, 0) is 25.5 Å². The Kier molecular flexibility index (Phi) is 3.70. The van der Waals surface area contributed by atoms with Gasteiger partial charge in [-0.2, -0.15) is 0 Å². The number of aryl methyl sites for hydroxylation is 1. The van der Waals surface area contributed by atoms with Crippen LogP contribution >= 0.6 is 0 Å². The summed E-state index contributed by atoms with van der Waals surface area (Å²) in [6.07, 6.45) is 3.02. The molecule has 2 rings (SSSR count). The zero-order valence-electron chi connectivity index (χ0n) is 10.8. The van der Waals surface area contributed by atoms with Crippen molar-refractivity contribution in [3.8, 4) is 11.5 Å². The predicted molar refractivity (Wildman–Crippen MR) is 70.4 cm³/mol. The highest BCUT2D eigenvalue weighted by Gasteiger charge is 2.15. The summed E-state index contributed by atoms with van der Waals surface area (Å²) in [7, 11) is 0. The largest absolute Gasteiger partial charge is 0.462 e. The maximum absolute atomic E-state index is 11.6. The maximum atomic E-state index is 11.6. The number of carbonyl (C=O) groups is 1. The summed E-state index contributed by atoms with van der Waals surface area (Å²) in [5.74, 6) is -0.0403. The molecule has 0 fully saturated rings. The molecule has 0 spiro atoms. The number of pyridine rings is 1. The van der Waals surface area contributed by atoms with Gasteiger partial charge in [0.25, 0.3) is 0 Å². The topological polar surface area (TPSA) is 91.0 Å². The minimum atomic E-state index is -0.524. The number of nitrogen functional groups attached to an aromatic ring is 1. The lowest BCUT2D eigenvalue weighted by atomic mass is 10.2. The molecule has 2 aromatic rings. The van der Waals surface area contributed by atoms with Gasteiger partial charge in [0.05, 0.1) is 6.61 Å². The third-order valence-corrected chi connectivity index (χ3v) is 2.53. The number of nitrogens with two attached hydrogens (primary N) is 1. The third kappa shape index (κ3) is 2.67. The molecule has 0 saturated carbocycles. The van der Waals surface area contributed by atoms with Crippen molar-refractivity contribution in [2.45, 2.75) is 13.8 Å². The van der Waals surface area contributed by atoms with Crippen molar-refractivity contribution in [3.63, 3.8) is 0 Å². The molecule has 2 N–H and O–H groups in total. The highest BCUT2D eigenvalue weighted by molar-refractivity contribution is 5.94. The van der Waals surface area contributed by atoms with Gasteiger partial charge in [-0.1, -0.05) is 6.07 Å². The SMILES string of the molecule is CCOC(=O)c1cnc(-c2ncccc2C)nc1N. The molecule has 0 aliphatic rings. The minimum Gasteiger partial charge on any atom is -0.462 e. The molecule has 19 heavy (non-hydrogen) atoms. The van der Waals surface area contributed by atoms with E-state index in [-0.39, 0.29) is 18.0 Å². The molecule has 0 atom stereocenters. The number of nitrogens with zero attached hydrogens (tertiary/aromatic N) is 3. The molecular weight excluding hydrogens is 244 g/mol. The molecule has 6 nitrogen and oxygen atoms in total. The van der Waals surface area contributed by atoms with Crippen molar-refractivity contribution in [3.05, 3.63) is 35.7 Å². The first-order valence-corrected chi connectivity index (χ1v) is 5.85. The van der Waals surface area contributed by atoms with Crippen LogP contribution in [0, 0.1) is 6.92 Å². The second-order valence-electron chi connectivity index (χ2n) is 3.88. The second kappa shape index (κ2) is 5.43. The Bertz CT molecular complexity index is 613. The van der Waals surface area contributed by atoms with Crippen LogP contribution in [0.1, 0.15) is 22.8 Å². The zero-order chi connectivity index (χ0) is 13.8. The Morgan fingerprint density at radius 3 is 2.84 bits per heavy atom. The number of carbonyl (C=O) groups excluding carboxylic acids is 1. The molecule has 0 aliphatic carbocycles. The predicted octanol–water partition coefficient (Wildman–Crippen LogP) is 1.61. The molecule has 0 unspecified atom stereocenters. The van der Waals surface area contributed by atoms with E-state index in [1.165, 1.54) is 6.20 Å². The van der Waals surface area contributed by atoms with Gasteiger partial charge in [-0.15, -0.1) is 0 Å². The van der Waals surface area contributed by atoms with E-state index in [1.54, 1.807) is 13.1 Å². The third-order valence-electron chi connectivity index (χ3n) is 2.53. The molecule has 6 heteroatoms. The number of aromatic nitrogens is 3. The van der Waals surface area contributed by atoms with Gasteiger partial charge < -0.3 is 10.5 Å². The Morgan fingerprint density at radius 1 is 1.42 bits per heavy atom. The van der Waals surface area contributed by atoms with Crippen LogP contribution in [0.4, 0.5) is 5.82 Å². The number of hydrogen-bond acceptors (Lipinski definition) is 6. The quantitative estimate of drug-likeness (QED) is 0.841. The molecule has 2 aromatic heterocycles. The molecule has 0 bridgehead atoms. The Labute approximate surface area is 110 Å². The van der Waals surface area contributed by atoms with Crippen LogP contribution in [0.3, 0.4) is 0 Å². The van der Waals surface area contributed by atoms with Crippen LogP contribution < -0.4 is 5.73 Å². The summed E-state index contributed by atoms with van der Waals surface area (Å²) in [5.41, 5.74) is 7.51. The van der Waals surface area contributed by atoms with E-state index in [1.807, 2.05) is 19.1 Å². The van der Waals surface area contributed by atoms with Gasteiger partial charge in [0.2, 0.25) is 0 Å². The van der Waals surface area contributed by atoms with Crippen molar-refractivity contribution in [1.29, 1.82) is 0 Å². The van der Waals surface area contributed by atoms with Crippen molar-refractivity contribution >= 4 is 11.8 Å². The minimum absolute atomic E-state index is 0.0912. The number of esters is 1. The Hall–Kier alpha value is -2.50. The van der Waals surface area contributed by atoms with Gasteiger partial charge in [0.15, 0.2) is 5.82 Å². The summed E-state index contributed by atoms with van der Waals surface area (Å²) in [6.45, 7) is 3.90. The van der Waals surface area contributed by atoms with E-state index in [0.29, 0.717) is 11.5 Å². The van der Waals surface area contributed by atoms with E-state index < -0.39 is 5.97 Å². The lowest BCUT2D eigenvalue weighted by molar-refractivity contribution is 0.0527. The van der Waals surface area contributed by atoms with Gasteiger partial charge in [-0.3, -0.25) is 4.98 Å². The fourth-order valence-electron chi connectivity index (χ4n) is 1.60. The van der Waals surface area contributed by atoms with Gasteiger partial charge in [0.1, 0.15) is 17.1 Å². The van der Waals surface area contributed by atoms with E-state index in [4.69, 9.17) is 10.5 Å². The van der Waals surface area contributed by atoms with Crippen molar-refractivity contribution < 1.29 is 9.53 Å². The molecular formula is C13H14N4O2. The fraction of sp³-hybridized carbons (Fsp3) is 0.231. The van der Waals surface area contributed by atoms with E-state index in [2.05, 4.69) is 15.0 Å². The van der Waals surface area contributed by atoms with Gasteiger partial charge in [-0.25, -0.2) is 14.8 Å². The number of anilines is 1. The van der Waals surface area contributed by atoms with Crippen LogP contribution in [-0.4, -0.2) is 27.5 Å². The summed E-state index contributed by atoms with van der Waals surface area (Å²) in [4.78, 5) is 24.0. The van der Waals surface area contributed by atoms with Crippen LogP contribution in [-0.2, 0) is 4.74 Å². The monoisotopic (exact) mass is 258 g/mol. The molecule has 0 radical (unpaired) electrons. The number of rotatable bonds is 3. The normalized spacial score (nSPS) is 10.2. The van der Waals surface area contributed by atoms with Crippen LogP contribution in [0.15, 0.2) is 24.5 Å². The molecule has 0 amide bonds. The molecule has 0 aromatic carbocycles. The second-order valence-corrected chi connectivity index (χ2v) is 3.88. The first-order valence-electron chi connectivity index (χ1n) is 5.85. The Morgan fingerprint density at radius 2 is 2.21 bits per heavy atom. The summed E-state index contributed by atoms with van der Waals surface area (Å²) in [6, 6.07) is 3.73. The molecule has 2 heterocycles. The highest BCUT2D eigenvalue weighted by atomic mass is 16.5. The molecule has 0 saturated heterocycles. The fourth-order valence-corrected chi connectivity index (χ4v) is 1.60. The van der Waals surface area contributed by atoms with E-state index >= 15 is 0 Å². The maximum Gasteiger partial charge on any atom is 0.343 e. The van der Waals surface area contributed by atoms with Crippen molar-refractivity contribution in [2.75, 3.05) is 12.3 Å². The van der Waals surface area contributed by atoms with E-state index in [9.17, 15) is 4.79 Å². The van der Waals surface area contributed by atoms with Crippen LogP contribution in [0.25, 0.3) is 11.5 Å². The summed E-state index contributed by atoms with van der Waals surface area (Å²) in [5, 5.41) is 0. The van der Waals surface area contributed by atoms with Gasteiger partial charge >= 0.3 is 5.97 Å². The summed E-state index contributed by atoms with van der Waals surface area (Å²) < 4.78 is 4.86. The lowest BCUT2D eigenvalue weighted by Gasteiger charge is -2.07. The summed E-state index contributed by atoms with van der Waals surface area (Å²) >= 11 is 0. The zero-order valence-corrected chi connectivity index (χ0v) is 10.8. The van der Waals surface area contributed by atoms with Crippen LogP contribution in [0.5, 0.6) is 0 Å². The first kappa shape index (κ1) is 12.9. The molecule has 0 aliphatic heterocycles. The average Bonchev–Trinajstić information content (AvgIpc) is 2.39. The van der Waals surface area contributed by atoms with Crippen molar-refractivity contribution in [2.24, 2.45) is 0 Å². The standard InChI is InChI=1S/C13H14N4O2/c1-3-19-13(18)9-7-16-12(17-11(9)14)10-8(2)5-4-6-15-10/h4-7H,3H2,1-2H3,(H2,14,16,17). The van der Waals surface area contributed by atoms with Crippen LogP contribution in [0.2, 0.25) is 0 Å². The number of hydrogen-bond donors (Lipinski definition) is 1. The average molecular weight is 258 g/mol. The number of ether oxygens (including phenoxy) is 1. The first-order chi connectivity index (χ1) is 9.13. The smallest absolute Gasteiger partial charge is 0.343 e. The van der Waals surface area contributed by atoms with Gasteiger partial charge in [0, 0.05) is 12.4 Å². The highest BCUT2D eigenvalue weighted by Crippen LogP contribution is 2.19. The van der Waals surface area contributed by atoms with Crippen molar-refractivity contribution in [1.82, 2.24) is 15.0 Å².